The van der Waals surface area contributed by atoms with Gasteiger partial charge < -0.3 is 21.3 Å². The smallest absolute Gasteiger partial charge is 0.247 e. The Balaban J connectivity index is 1.36. The second-order valence-corrected chi connectivity index (χ2v) is 11.1. The molecule has 4 N–H and O–H groups in total. The minimum Gasteiger partial charge on any atom is -0.366 e. The molecule has 1 saturated heterocycles. The van der Waals surface area contributed by atoms with Crippen LogP contribution in [0.3, 0.4) is 0 Å². The van der Waals surface area contributed by atoms with Crippen molar-refractivity contribution in [2.75, 3.05) is 22.5 Å². The van der Waals surface area contributed by atoms with E-state index in [9.17, 15) is 4.79 Å². The van der Waals surface area contributed by atoms with E-state index < -0.39 is 0 Å². The Morgan fingerprint density at radius 1 is 1.26 bits per heavy atom. The van der Waals surface area contributed by atoms with E-state index in [1.807, 2.05) is 28.9 Å². The lowest BCUT2D eigenvalue weighted by atomic mass is 9.91. The van der Waals surface area contributed by atoms with E-state index in [4.69, 9.17) is 4.98 Å². The van der Waals surface area contributed by atoms with E-state index in [-0.39, 0.29) is 11.4 Å². The summed E-state index contributed by atoms with van der Waals surface area (Å²) < 4.78 is 3.62. The third-order valence-electron chi connectivity index (χ3n) is 7.10. The highest BCUT2D eigenvalue weighted by Crippen LogP contribution is 2.26. The molecule has 1 unspecified atom stereocenters. The number of aromatic nitrogens is 5. The number of piperidine rings is 1. The molecule has 4 aromatic rings. The first-order valence-electron chi connectivity index (χ1n) is 13.4. The Bertz CT molecular complexity index is 1470. The highest BCUT2D eigenvalue weighted by Gasteiger charge is 2.26. The number of carbonyl (C=O) groups is 1. The monoisotopic (exact) mass is 527 g/mol. The fraction of sp³-hybridized carbons (Fsp3) is 0.379. The molecule has 1 atom stereocenters. The maximum atomic E-state index is 11.6. The number of rotatable bonds is 9. The van der Waals surface area contributed by atoms with Gasteiger partial charge in [0.25, 0.3) is 0 Å². The molecule has 39 heavy (non-hydrogen) atoms. The number of hydrogen-bond donors (Lipinski definition) is 4. The van der Waals surface area contributed by atoms with Gasteiger partial charge in [-0.25, -0.2) is 9.67 Å². The molecular formula is C29H37N9O. The lowest BCUT2D eigenvalue weighted by molar-refractivity contribution is -0.111. The summed E-state index contributed by atoms with van der Waals surface area (Å²) in [5, 5.41) is 22.6. The maximum Gasteiger partial charge on any atom is 0.247 e. The van der Waals surface area contributed by atoms with Gasteiger partial charge in [0.2, 0.25) is 5.91 Å². The van der Waals surface area contributed by atoms with Crippen LogP contribution in [0.2, 0.25) is 0 Å². The van der Waals surface area contributed by atoms with Gasteiger partial charge in [-0.1, -0.05) is 32.6 Å². The van der Waals surface area contributed by atoms with Crippen molar-refractivity contribution in [1.29, 1.82) is 0 Å². The van der Waals surface area contributed by atoms with E-state index in [2.05, 4.69) is 77.9 Å². The van der Waals surface area contributed by atoms with Crippen molar-refractivity contribution in [2.45, 2.75) is 64.6 Å². The zero-order chi connectivity index (χ0) is 27.6. The highest BCUT2D eigenvalue weighted by atomic mass is 16.1. The van der Waals surface area contributed by atoms with Crippen LogP contribution in [0.1, 0.15) is 57.6 Å². The van der Waals surface area contributed by atoms with E-state index >= 15 is 0 Å². The van der Waals surface area contributed by atoms with E-state index in [1.54, 1.807) is 17.1 Å². The molecule has 1 amide bonds. The average Bonchev–Trinajstić information content (AvgIpc) is 3.56. The largest absolute Gasteiger partial charge is 0.366 e. The Morgan fingerprint density at radius 3 is 2.85 bits per heavy atom. The van der Waals surface area contributed by atoms with Crippen LogP contribution in [0.25, 0.3) is 11.3 Å². The Hall–Kier alpha value is -4.18. The summed E-state index contributed by atoms with van der Waals surface area (Å²) in [4.78, 5) is 16.6. The summed E-state index contributed by atoms with van der Waals surface area (Å²) >= 11 is 0. The molecule has 10 nitrogen and oxygen atoms in total. The van der Waals surface area contributed by atoms with Crippen molar-refractivity contribution in [3.8, 4) is 5.69 Å². The first-order valence-corrected chi connectivity index (χ1v) is 13.4. The maximum absolute atomic E-state index is 11.6. The highest BCUT2D eigenvalue weighted by molar-refractivity contribution is 5.98. The fourth-order valence-corrected chi connectivity index (χ4v) is 4.77. The number of fused-ring (bicyclic) bond motifs is 1. The molecule has 1 fully saturated rings. The normalized spacial score (nSPS) is 16.8. The fourth-order valence-electron chi connectivity index (χ4n) is 4.77. The van der Waals surface area contributed by atoms with Crippen LogP contribution in [0.5, 0.6) is 0 Å². The van der Waals surface area contributed by atoms with Crippen LogP contribution in [0.4, 0.5) is 17.3 Å². The van der Waals surface area contributed by atoms with Gasteiger partial charge in [-0.3, -0.25) is 4.79 Å². The molecule has 4 heterocycles. The Morgan fingerprint density at radius 2 is 2.10 bits per heavy atom. The van der Waals surface area contributed by atoms with Crippen molar-refractivity contribution in [1.82, 2.24) is 29.7 Å². The van der Waals surface area contributed by atoms with Crippen molar-refractivity contribution in [2.24, 2.45) is 0 Å². The van der Waals surface area contributed by atoms with Crippen LogP contribution < -0.4 is 21.3 Å². The zero-order valence-corrected chi connectivity index (χ0v) is 23.0. The van der Waals surface area contributed by atoms with Gasteiger partial charge in [0.1, 0.15) is 11.6 Å². The number of anilines is 3. The molecule has 1 aromatic carbocycles. The predicted molar refractivity (Wildman–Crippen MR) is 156 cm³/mol. The van der Waals surface area contributed by atoms with Crippen LogP contribution >= 0.6 is 0 Å². The topological polar surface area (TPSA) is 113 Å². The third-order valence-corrected chi connectivity index (χ3v) is 7.10. The molecule has 0 spiro atoms. The lowest BCUT2D eigenvalue weighted by Crippen LogP contribution is -2.50. The predicted octanol–water partition coefficient (Wildman–Crippen LogP) is 4.72. The molecule has 204 valence electrons. The molecule has 5 rings (SSSR count). The second-order valence-electron chi connectivity index (χ2n) is 11.1. The molecule has 0 radical (unpaired) electrons. The lowest BCUT2D eigenvalue weighted by Gasteiger charge is -2.36. The summed E-state index contributed by atoms with van der Waals surface area (Å²) in [5.41, 5.74) is 4.73. The third kappa shape index (κ3) is 6.12. The first kappa shape index (κ1) is 26.4. The Kier molecular flexibility index (Phi) is 7.38. The van der Waals surface area contributed by atoms with Gasteiger partial charge in [0.15, 0.2) is 5.65 Å². The van der Waals surface area contributed by atoms with E-state index in [1.165, 1.54) is 6.08 Å². The first-order chi connectivity index (χ1) is 18.7. The van der Waals surface area contributed by atoms with Gasteiger partial charge in [-0.2, -0.15) is 14.7 Å². The number of nitrogens with one attached hydrogen (secondary N) is 4. The van der Waals surface area contributed by atoms with Crippen molar-refractivity contribution in [3.05, 3.63) is 72.7 Å². The van der Waals surface area contributed by atoms with Crippen molar-refractivity contribution in [3.63, 3.8) is 0 Å². The number of nitrogens with zero attached hydrogens (tertiary/aromatic N) is 5. The molecule has 0 aliphatic carbocycles. The van der Waals surface area contributed by atoms with Crippen LogP contribution in [-0.2, 0) is 11.3 Å². The number of amides is 1. The number of hydrogen-bond acceptors (Lipinski definition) is 7. The summed E-state index contributed by atoms with van der Waals surface area (Å²) in [5.74, 6) is 1.76. The van der Waals surface area contributed by atoms with Gasteiger partial charge >= 0.3 is 0 Å². The van der Waals surface area contributed by atoms with Gasteiger partial charge in [-0.05, 0) is 56.4 Å². The molecule has 0 bridgehead atoms. The molecular weight excluding hydrogens is 490 g/mol. The molecule has 1 aliphatic rings. The quantitative estimate of drug-likeness (QED) is 0.233. The molecule has 10 heteroatoms. The summed E-state index contributed by atoms with van der Waals surface area (Å²) in [6.07, 6.45) is 8.73. The van der Waals surface area contributed by atoms with Gasteiger partial charge in [-0.15, -0.1) is 0 Å². The zero-order valence-electron chi connectivity index (χ0n) is 23.0. The second kappa shape index (κ2) is 10.9. The van der Waals surface area contributed by atoms with Crippen LogP contribution in [0.15, 0.2) is 61.6 Å². The van der Waals surface area contributed by atoms with E-state index in [0.29, 0.717) is 24.2 Å². The number of benzene rings is 1. The van der Waals surface area contributed by atoms with Crippen LogP contribution in [0, 0.1) is 0 Å². The molecule has 1 aliphatic heterocycles. The van der Waals surface area contributed by atoms with Crippen LogP contribution in [-0.4, -0.2) is 48.4 Å². The summed E-state index contributed by atoms with van der Waals surface area (Å²) in [7, 11) is 0. The van der Waals surface area contributed by atoms with E-state index in [0.717, 1.165) is 53.5 Å². The molecule has 3 aromatic heterocycles. The van der Waals surface area contributed by atoms with Crippen molar-refractivity contribution < 1.29 is 4.79 Å². The Labute approximate surface area is 228 Å². The van der Waals surface area contributed by atoms with Gasteiger partial charge in [0.05, 0.1) is 30.0 Å². The number of carbonyl (C=O) groups excluding carboxylic acids is 1. The minimum atomic E-state index is -0.271. The standard InChI is InChI=1S/C29H37N9O/c1-6-27(39)35-22-16-32-37(18-22)23-9-7-8-20(12-23)14-30-26-13-25(34-21-10-11-29(4,5)31-15-21)36-28-24(19(2)3)17-33-38(26)28/h6-9,12-13,16-19,21,30-31H,1,10-11,14-15H2,2-5H3,(H,34,36)(H,35,39). The average molecular weight is 528 g/mol. The SMILES string of the molecule is C=CC(=O)Nc1cnn(-c2cccc(CNc3cc(NC4CCC(C)(C)NC4)nc4c(C(C)C)cnn34)c2)c1. The summed E-state index contributed by atoms with van der Waals surface area (Å²) in [6.45, 7) is 13.8. The van der Waals surface area contributed by atoms with Gasteiger partial charge in [0, 0.05) is 36.3 Å². The summed E-state index contributed by atoms with van der Waals surface area (Å²) in [6, 6.07) is 10.5. The minimum absolute atomic E-state index is 0.171. The molecule has 0 saturated carbocycles. The van der Waals surface area contributed by atoms with Crippen molar-refractivity contribution >= 4 is 28.9 Å².